The maximum atomic E-state index is 5.95. The van der Waals surface area contributed by atoms with Gasteiger partial charge in [-0.2, -0.15) is 0 Å². The molecule has 0 fully saturated rings. The fraction of sp³-hybridized carbons (Fsp3) is 0. The van der Waals surface area contributed by atoms with Gasteiger partial charge in [-0.05, 0) is 350 Å². The molecule has 0 amide bonds. The molecule has 0 aliphatic carbocycles. The highest BCUT2D eigenvalue weighted by Gasteiger charge is 2.09. The molecule has 0 bridgehead atoms. The first-order chi connectivity index (χ1) is 63.7. The lowest BCUT2D eigenvalue weighted by Gasteiger charge is -2.06. The van der Waals surface area contributed by atoms with E-state index < -0.39 is 0 Å². The van der Waals surface area contributed by atoms with Crippen LogP contribution in [0.4, 0.5) is 102 Å². The molecule has 23 aromatic carbocycles. The quantitative estimate of drug-likeness (QED) is 0.0564. The molecule has 0 radical (unpaired) electrons. The van der Waals surface area contributed by atoms with Gasteiger partial charge in [0.1, 0.15) is 0 Å². The average Bonchev–Trinajstić information content (AvgIpc) is 0.781. The third-order valence-corrected chi connectivity index (χ3v) is 22.6. The molecule has 18 heteroatoms. The monoisotopic (exact) mass is 1720 g/mol. The van der Waals surface area contributed by atoms with Crippen LogP contribution in [0.1, 0.15) is 0 Å². The van der Waals surface area contributed by atoms with Crippen molar-refractivity contribution < 1.29 is 0 Å². The summed E-state index contributed by atoms with van der Waals surface area (Å²) in [7, 11) is 0. The number of nitrogens with two attached hydrogens (primary N) is 18. The summed E-state index contributed by atoms with van der Waals surface area (Å²) in [5, 5.41) is 27.1. The summed E-state index contributed by atoms with van der Waals surface area (Å²) in [6.45, 7) is 0. The summed E-state index contributed by atoms with van der Waals surface area (Å²) < 4.78 is 0. The largest absolute Gasteiger partial charge is 0.399 e. The predicted octanol–water partition coefficient (Wildman–Crippen LogP) is 24.8. The number of hydrogen-bond donors (Lipinski definition) is 18. The van der Waals surface area contributed by atoms with Gasteiger partial charge < -0.3 is 103 Å². The summed E-state index contributed by atoms with van der Waals surface area (Å²) >= 11 is 0. The molecular weight excluding hydrogens is 1620 g/mol. The van der Waals surface area contributed by atoms with Crippen LogP contribution < -0.4 is 103 Å². The highest BCUT2D eigenvalue weighted by molar-refractivity contribution is 6.09. The van der Waals surface area contributed by atoms with Gasteiger partial charge >= 0.3 is 0 Å². The summed E-state index contributed by atoms with van der Waals surface area (Å²) in [5.74, 6) is 0. The minimum absolute atomic E-state index is 0.771. The lowest BCUT2D eigenvalue weighted by Crippen LogP contribution is -1.90. The van der Waals surface area contributed by atoms with E-state index in [0.717, 1.165) is 222 Å². The van der Waals surface area contributed by atoms with Crippen LogP contribution in [-0.4, -0.2) is 0 Å². The highest BCUT2D eigenvalue weighted by atomic mass is 14.6. The lowest BCUT2D eigenvalue weighted by molar-refractivity contribution is 1.58. The van der Waals surface area contributed by atoms with Crippen molar-refractivity contribution in [2.45, 2.75) is 0 Å². The summed E-state index contributed by atoms with van der Waals surface area (Å²) in [4.78, 5) is 0. The second kappa shape index (κ2) is 39.8. The first kappa shape index (κ1) is 88.4. The van der Waals surface area contributed by atoms with Gasteiger partial charge in [0.15, 0.2) is 0 Å². The molecule has 0 aliphatic rings. The number of benzene rings is 23. The smallest absolute Gasteiger partial charge is 0.0394 e. The molecule has 36 N–H and O–H groups in total. The Morgan fingerprint density at radius 2 is 0.280 bits per heavy atom. The Bertz CT molecular complexity index is 7760. The van der Waals surface area contributed by atoms with Crippen LogP contribution >= 0.6 is 0 Å². The second-order valence-corrected chi connectivity index (χ2v) is 32.3. The van der Waals surface area contributed by atoms with Crippen molar-refractivity contribution in [3.8, 4) is 22.3 Å². The van der Waals surface area contributed by atoms with Gasteiger partial charge in [0.2, 0.25) is 0 Å². The van der Waals surface area contributed by atoms with Crippen molar-refractivity contribution in [2.24, 2.45) is 0 Å². The molecule has 0 unspecified atom stereocenters. The van der Waals surface area contributed by atoms with Crippen LogP contribution in [0.15, 0.2) is 413 Å². The van der Waals surface area contributed by atoms with Crippen LogP contribution in [0.25, 0.3) is 152 Å². The van der Waals surface area contributed by atoms with Crippen LogP contribution in [0.2, 0.25) is 0 Å². The van der Waals surface area contributed by atoms with Crippen molar-refractivity contribution in [3.05, 3.63) is 413 Å². The Morgan fingerprint density at radius 1 is 0.0909 bits per heavy atom. The number of fused-ring (bicyclic) bond motifs is 12. The molecule has 0 heterocycles. The Kier molecular flexibility index (Phi) is 26.7. The molecule has 0 aromatic heterocycles. The number of anilines is 18. The minimum atomic E-state index is 0.771. The minimum Gasteiger partial charge on any atom is -0.399 e. The van der Waals surface area contributed by atoms with Crippen LogP contribution in [0.3, 0.4) is 0 Å². The predicted molar refractivity (Wildman–Crippen MR) is 578 cm³/mol. The maximum absolute atomic E-state index is 5.95. The third-order valence-electron chi connectivity index (χ3n) is 22.6. The molecule has 18 nitrogen and oxygen atoms in total. The summed E-state index contributed by atoms with van der Waals surface area (Å²) in [6, 6.07) is 135. The third kappa shape index (κ3) is 21.9. The first-order valence-electron chi connectivity index (χ1n) is 42.6. The summed E-state index contributed by atoms with van der Waals surface area (Å²) in [5.41, 5.74) is 123. The molecule has 132 heavy (non-hydrogen) atoms. The van der Waals surface area contributed by atoms with Crippen molar-refractivity contribution in [3.63, 3.8) is 0 Å². The van der Waals surface area contributed by atoms with E-state index in [4.69, 9.17) is 103 Å². The van der Waals surface area contributed by atoms with Crippen LogP contribution in [-0.2, 0) is 0 Å². The Hall–Kier alpha value is -18.4. The molecule has 0 atom stereocenters. The molecule has 23 rings (SSSR count). The van der Waals surface area contributed by atoms with Crippen LogP contribution in [0.5, 0.6) is 0 Å². The zero-order chi connectivity index (χ0) is 92.6. The van der Waals surface area contributed by atoms with E-state index in [-0.39, 0.29) is 0 Å². The molecule has 0 aliphatic heterocycles. The van der Waals surface area contributed by atoms with Gasteiger partial charge in [0, 0.05) is 135 Å². The van der Waals surface area contributed by atoms with Gasteiger partial charge in [0.25, 0.3) is 0 Å². The Balaban J connectivity index is 0.000000114. The zero-order valence-electron chi connectivity index (χ0n) is 72.7. The zero-order valence-corrected chi connectivity index (χ0v) is 72.7. The van der Waals surface area contributed by atoms with Crippen LogP contribution in [0, 0.1) is 0 Å². The van der Waals surface area contributed by atoms with E-state index in [0.29, 0.717) is 0 Å². The maximum Gasteiger partial charge on any atom is 0.0394 e. The van der Waals surface area contributed by atoms with Crippen molar-refractivity contribution >= 4 is 232 Å². The molecule has 0 spiro atoms. The molecule has 0 saturated carbocycles. The fourth-order valence-electron chi connectivity index (χ4n) is 15.8. The summed E-state index contributed by atoms with van der Waals surface area (Å²) in [6.07, 6.45) is 0. The van der Waals surface area contributed by atoms with E-state index in [9.17, 15) is 0 Å². The second-order valence-electron chi connectivity index (χ2n) is 32.3. The van der Waals surface area contributed by atoms with Gasteiger partial charge in [-0.15, -0.1) is 0 Å². The van der Waals surface area contributed by atoms with Gasteiger partial charge in [-0.1, -0.05) is 182 Å². The topological polar surface area (TPSA) is 468 Å². The van der Waals surface area contributed by atoms with Gasteiger partial charge in [0.05, 0.1) is 0 Å². The van der Waals surface area contributed by atoms with E-state index in [1.165, 1.54) is 32.3 Å². The van der Waals surface area contributed by atoms with E-state index in [1.54, 1.807) is 0 Å². The first-order valence-corrected chi connectivity index (χ1v) is 42.6. The lowest BCUT2D eigenvalue weighted by atomic mass is 10.00. The standard InChI is InChI=1S/C18H16N2.4C14H12N2.4C10H10N2/c19-17-5-1-3-15(11-17)13-7-9-14(10-8-13)16-4-2-6-18(20)12-16;15-13-3-1-9-5-12-8-14(16)4-2-10(12)6-11(9)7-13;15-13-3-1-9-5-10-2-4-14(16)8-12(10)6-11(9)7-13;15-13-5-1-3-9-7-12-10(8-11(9)13)4-2-6-14(12)16;15-12-5-4-9-8-13-10(6-11(9)7-12)2-1-3-14(13)16;11-9-3-1-7-5-10(12)4-2-8(7)6-9;11-9-3-1-7-2-4-10(12)6-8(7)5-9;11-9-5-1-3-7-8(9)4-2-6-10(7)12;11-8-4-5-9-7(6-8)2-1-3-10(9)12/h1-12H,19-20H2;4*1-8H,15-16H2;4*1-6H,11-12H2. The average molecular weight is 1730 g/mol. The molecule has 0 saturated heterocycles. The number of rotatable bonds is 2. The van der Waals surface area contributed by atoms with E-state index >= 15 is 0 Å². The van der Waals surface area contributed by atoms with Gasteiger partial charge in [-0.25, -0.2) is 0 Å². The number of nitrogen functional groups attached to an aromatic ring is 18. The van der Waals surface area contributed by atoms with Crippen molar-refractivity contribution in [2.75, 3.05) is 103 Å². The molecule has 23 aromatic rings. The van der Waals surface area contributed by atoms with E-state index in [2.05, 4.69) is 103 Å². The van der Waals surface area contributed by atoms with Gasteiger partial charge in [-0.3, -0.25) is 0 Å². The SMILES string of the molecule is Nc1ccc2c(N)cccc2c1.Nc1ccc2cc(N)ccc2c1.Nc1ccc2cc3c(N)cccc3cc2c1.Nc1ccc2cc3cc(N)ccc3cc2c1.Nc1ccc2cc3ccc(N)cc3cc2c1.Nc1ccc2ccc(N)cc2c1.Nc1cccc(-c2ccc(-c3cccc(N)c3)cc2)c1.Nc1cccc2c(N)cccc12.Nc1cccc2cc3c(N)cccc3cc12. The molecule has 650 valence electrons. The Labute approximate surface area is 764 Å². The normalized spacial score (nSPS) is 10.7. The molecular formula is C114H104N18. The van der Waals surface area contributed by atoms with Crippen molar-refractivity contribution in [1.29, 1.82) is 0 Å². The fourth-order valence-corrected chi connectivity index (χ4v) is 15.8. The van der Waals surface area contributed by atoms with Crippen molar-refractivity contribution in [1.82, 2.24) is 0 Å². The van der Waals surface area contributed by atoms with E-state index in [1.807, 2.05) is 309 Å². The Morgan fingerprint density at radius 3 is 0.598 bits per heavy atom. The number of hydrogen-bond acceptors (Lipinski definition) is 18. The highest BCUT2D eigenvalue weighted by Crippen LogP contribution is 2.35.